The van der Waals surface area contributed by atoms with E-state index in [1.165, 1.54) is 12.1 Å². The van der Waals surface area contributed by atoms with Gasteiger partial charge in [0.15, 0.2) is 0 Å². The van der Waals surface area contributed by atoms with Crippen LogP contribution in [0.3, 0.4) is 0 Å². The Labute approximate surface area is 162 Å². The van der Waals surface area contributed by atoms with Crippen LogP contribution in [-0.4, -0.2) is 49.6 Å². The molecule has 28 heavy (non-hydrogen) atoms. The summed E-state index contributed by atoms with van der Waals surface area (Å²) in [5.41, 5.74) is 3.08. The second-order valence-electron chi connectivity index (χ2n) is 7.05. The summed E-state index contributed by atoms with van der Waals surface area (Å²) < 4.78 is 18.9. The summed E-state index contributed by atoms with van der Waals surface area (Å²) in [6, 6.07) is 11.5. The van der Waals surface area contributed by atoms with Gasteiger partial charge in [0.2, 0.25) is 0 Å². The number of nitrogens with one attached hydrogen (secondary N) is 1. The van der Waals surface area contributed by atoms with Gasteiger partial charge in [0.1, 0.15) is 11.9 Å². The Balaban J connectivity index is 1.54. The fourth-order valence-corrected chi connectivity index (χ4v) is 3.63. The first-order valence-electron chi connectivity index (χ1n) is 9.35. The topological polar surface area (TPSA) is 61.9 Å². The molecule has 0 aromatic heterocycles. The maximum Gasteiger partial charge on any atom is 0.322 e. The van der Waals surface area contributed by atoms with Crippen LogP contribution in [0.15, 0.2) is 42.5 Å². The van der Waals surface area contributed by atoms with E-state index in [-0.39, 0.29) is 23.9 Å². The van der Waals surface area contributed by atoms with Gasteiger partial charge in [-0.2, -0.15) is 0 Å². The fraction of sp³-hybridized carbons (Fsp3) is 0.333. The highest BCUT2D eigenvalue weighted by molar-refractivity contribution is 5.99. The molecule has 0 unspecified atom stereocenters. The maximum atomic E-state index is 13.2. The minimum absolute atomic E-state index is 0.101. The van der Waals surface area contributed by atoms with E-state index in [1.54, 1.807) is 34.1 Å². The average Bonchev–Trinajstić information content (AvgIpc) is 3.14. The van der Waals surface area contributed by atoms with Crippen molar-refractivity contribution in [2.24, 2.45) is 0 Å². The zero-order valence-corrected chi connectivity index (χ0v) is 15.7. The van der Waals surface area contributed by atoms with E-state index < -0.39 is 0 Å². The lowest BCUT2D eigenvalue weighted by molar-refractivity contribution is -0.0228. The SMILES string of the molecule is Cc1ccc(C(=O)N2CCO[C@H](c3ccc(F)cc3)C2)cc1N1CCNC1=O. The van der Waals surface area contributed by atoms with Crippen LogP contribution in [0.2, 0.25) is 0 Å². The summed E-state index contributed by atoms with van der Waals surface area (Å²) >= 11 is 0. The number of anilines is 1. The molecule has 7 heteroatoms. The molecule has 2 aromatic rings. The molecule has 2 aliphatic rings. The normalized spacial score (nSPS) is 19.6. The molecule has 2 heterocycles. The molecule has 2 aromatic carbocycles. The molecule has 2 fully saturated rings. The largest absolute Gasteiger partial charge is 0.370 e. The molecule has 0 aliphatic carbocycles. The number of amides is 3. The van der Waals surface area contributed by atoms with Gasteiger partial charge in [0.25, 0.3) is 5.91 Å². The number of rotatable bonds is 3. The standard InChI is InChI=1S/C21H22FN3O3/c1-14-2-3-16(12-18(14)25-9-8-23-21(25)27)20(26)24-10-11-28-19(13-24)15-4-6-17(22)7-5-15/h2-7,12,19H,8-11,13H2,1H3,(H,23,27)/t19-/m0/s1. The lowest BCUT2D eigenvalue weighted by Crippen LogP contribution is -2.42. The minimum atomic E-state index is -0.300. The summed E-state index contributed by atoms with van der Waals surface area (Å²) in [6.07, 6.45) is -0.285. The van der Waals surface area contributed by atoms with Gasteiger partial charge in [-0.3, -0.25) is 9.69 Å². The van der Waals surface area contributed by atoms with Gasteiger partial charge < -0.3 is 15.0 Å². The van der Waals surface area contributed by atoms with E-state index in [4.69, 9.17) is 4.74 Å². The number of hydrogen-bond acceptors (Lipinski definition) is 3. The molecule has 1 atom stereocenters. The number of nitrogens with zero attached hydrogens (tertiary/aromatic N) is 2. The van der Waals surface area contributed by atoms with Gasteiger partial charge in [-0.05, 0) is 42.3 Å². The monoisotopic (exact) mass is 383 g/mol. The summed E-state index contributed by atoms with van der Waals surface area (Å²) in [4.78, 5) is 28.5. The number of morpholine rings is 1. The Bertz CT molecular complexity index is 900. The number of carbonyl (C=O) groups is 2. The highest BCUT2D eigenvalue weighted by atomic mass is 19.1. The molecule has 2 aliphatic heterocycles. The van der Waals surface area contributed by atoms with Crippen LogP contribution < -0.4 is 10.2 Å². The molecule has 3 amide bonds. The number of urea groups is 1. The molecule has 0 bridgehead atoms. The second kappa shape index (κ2) is 7.59. The first-order valence-corrected chi connectivity index (χ1v) is 9.35. The lowest BCUT2D eigenvalue weighted by atomic mass is 10.1. The Morgan fingerprint density at radius 2 is 1.96 bits per heavy atom. The van der Waals surface area contributed by atoms with Crippen molar-refractivity contribution in [1.29, 1.82) is 0 Å². The van der Waals surface area contributed by atoms with Gasteiger partial charge in [0, 0.05) is 30.9 Å². The third-order valence-electron chi connectivity index (χ3n) is 5.20. The molecular formula is C21H22FN3O3. The Kier molecular flexibility index (Phi) is 5.00. The van der Waals surface area contributed by atoms with Crippen LogP contribution in [-0.2, 0) is 4.74 Å². The highest BCUT2D eigenvalue weighted by Gasteiger charge is 2.28. The van der Waals surface area contributed by atoms with Crippen molar-refractivity contribution in [1.82, 2.24) is 10.2 Å². The maximum absolute atomic E-state index is 13.2. The van der Waals surface area contributed by atoms with E-state index in [1.807, 2.05) is 13.0 Å². The van der Waals surface area contributed by atoms with Crippen LogP contribution in [0.1, 0.15) is 27.6 Å². The molecular weight excluding hydrogens is 361 g/mol. The van der Waals surface area contributed by atoms with Crippen molar-refractivity contribution in [3.8, 4) is 0 Å². The molecule has 146 valence electrons. The first kappa shape index (κ1) is 18.4. The van der Waals surface area contributed by atoms with Crippen LogP contribution in [0.4, 0.5) is 14.9 Å². The van der Waals surface area contributed by atoms with Crippen molar-refractivity contribution in [2.45, 2.75) is 13.0 Å². The van der Waals surface area contributed by atoms with Crippen molar-refractivity contribution in [3.63, 3.8) is 0 Å². The number of aryl methyl sites for hydroxylation is 1. The summed E-state index contributed by atoms with van der Waals surface area (Å²) in [5.74, 6) is -0.401. The van der Waals surface area contributed by atoms with Crippen molar-refractivity contribution in [3.05, 3.63) is 65.0 Å². The third-order valence-corrected chi connectivity index (χ3v) is 5.20. The van der Waals surface area contributed by atoms with Crippen molar-refractivity contribution < 1.29 is 18.7 Å². The van der Waals surface area contributed by atoms with Gasteiger partial charge >= 0.3 is 6.03 Å². The van der Waals surface area contributed by atoms with Crippen LogP contribution in [0.25, 0.3) is 0 Å². The Morgan fingerprint density at radius 1 is 1.18 bits per heavy atom. The van der Waals surface area contributed by atoms with E-state index in [0.717, 1.165) is 16.8 Å². The van der Waals surface area contributed by atoms with E-state index in [9.17, 15) is 14.0 Å². The molecule has 0 radical (unpaired) electrons. The number of benzene rings is 2. The summed E-state index contributed by atoms with van der Waals surface area (Å²) in [7, 11) is 0. The molecule has 6 nitrogen and oxygen atoms in total. The van der Waals surface area contributed by atoms with Crippen molar-refractivity contribution >= 4 is 17.6 Å². The van der Waals surface area contributed by atoms with Crippen LogP contribution in [0, 0.1) is 12.7 Å². The molecule has 1 N–H and O–H groups in total. The molecule has 0 saturated carbocycles. The quantitative estimate of drug-likeness (QED) is 0.887. The van der Waals surface area contributed by atoms with Gasteiger partial charge in [-0.25, -0.2) is 9.18 Å². The predicted octanol–water partition coefficient (Wildman–Crippen LogP) is 2.88. The van der Waals surface area contributed by atoms with E-state index >= 15 is 0 Å². The van der Waals surface area contributed by atoms with E-state index in [2.05, 4.69) is 5.32 Å². The smallest absolute Gasteiger partial charge is 0.322 e. The summed E-state index contributed by atoms with van der Waals surface area (Å²) in [6.45, 7) is 4.41. The van der Waals surface area contributed by atoms with Gasteiger partial charge in [-0.1, -0.05) is 18.2 Å². The number of halogens is 1. The Morgan fingerprint density at radius 3 is 2.68 bits per heavy atom. The number of hydrogen-bond donors (Lipinski definition) is 1. The second-order valence-corrected chi connectivity index (χ2v) is 7.05. The van der Waals surface area contributed by atoms with Gasteiger partial charge in [0.05, 0.1) is 13.2 Å². The van der Waals surface area contributed by atoms with Crippen molar-refractivity contribution in [2.75, 3.05) is 37.7 Å². The predicted molar refractivity (Wildman–Crippen MR) is 103 cm³/mol. The van der Waals surface area contributed by atoms with Crippen LogP contribution >= 0.6 is 0 Å². The zero-order chi connectivity index (χ0) is 19.7. The molecule has 2 saturated heterocycles. The lowest BCUT2D eigenvalue weighted by Gasteiger charge is -2.33. The van der Waals surface area contributed by atoms with Crippen LogP contribution in [0.5, 0.6) is 0 Å². The number of ether oxygens (including phenoxy) is 1. The number of carbonyl (C=O) groups excluding carboxylic acids is 2. The minimum Gasteiger partial charge on any atom is -0.370 e. The fourth-order valence-electron chi connectivity index (χ4n) is 3.63. The third kappa shape index (κ3) is 3.57. The van der Waals surface area contributed by atoms with E-state index in [0.29, 0.717) is 38.3 Å². The highest BCUT2D eigenvalue weighted by Crippen LogP contribution is 2.27. The van der Waals surface area contributed by atoms with Gasteiger partial charge in [-0.15, -0.1) is 0 Å². The first-order chi connectivity index (χ1) is 13.5. The Hall–Kier alpha value is -2.93. The molecule has 0 spiro atoms. The average molecular weight is 383 g/mol. The summed E-state index contributed by atoms with van der Waals surface area (Å²) in [5, 5.41) is 2.78. The molecule has 4 rings (SSSR count). The zero-order valence-electron chi connectivity index (χ0n) is 15.7.